The number of benzene rings is 1. The van der Waals surface area contributed by atoms with Gasteiger partial charge in [-0.15, -0.1) is 0 Å². The third kappa shape index (κ3) is 4.75. The van der Waals surface area contributed by atoms with E-state index in [-0.39, 0.29) is 17.7 Å². The van der Waals surface area contributed by atoms with Crippen LogP contribution in [0.2, 0.25) is 0 Å². The predicted octanol–water partition coefficient (Wildman–Crippen LogP) is 3.51. The average Bonchev–Trinajstić information content (AvgIpc) is 3.57. The van der Waals surface area contributed by atoms with Crippen LogP contribution in [-0.2, 0) is 4.79 Å². The van der Waals surface area contributed by atoms with Crippen molar-refractivity contribution in [1.82, 2.24) is 24.9 Å². The Kier molecular flexibility index (Phi) is 5.59. The van der Waals surface area contributed by atoms with Crippen LogP contribution in [0.25, 0.3) is 5.65 Å². The van der Waals surface area contributed by atoms with Crippen LogP contribution in [0.4, 0.5) is 5.82 Å². The van der Waals surface area contributed by atoms with Crippen molar-refractivity contribution in [3.63, 3.8) is 0 Å². The molecular formula is C23H23N7O2S. The van der Waals surface area contributed by atoms with Gasteiger partial charge in [-0.25, -0.2) is 9.50 Å². The normalized spacial score (nSPS) is 15.8. The Labute approximate surface area is 194 Å². The van der Waals surface area contributed by atoms with Gasteiger partial charge in [-0.3, -0.25) is 14.6 Å². The molecule has 5 rings (SSSR count). The number of imidazole rings is 1. The fourth-order valence-electron chi connectivity index (χ4n) is 3.45. The topological polar surface area (TPSA) is 104 Å². The molecule has 1 aromatic carbocycles. The number of anilines is 1. The second kappa shape index (κ2) is 8.70. The Morgan fingerprint density at radius 3 is 2.73 bits per heavy atom. The predicted molar refractivity (Wildman–Crippen MR) is 126 cm³/mol. The molecular weight excluding hydrogens is 438 g/mol. The number of carbonyl (C=O) groups excluding carboxylic acids is 2. The fourth-order valence-corrected chi connectivity index (χ4v) is 4.36. The van der Waals surface area contributed by atoms with E-state index in [9.17, 15) is 9.59 Å². The minimum atomic E-state index is -0.209. The van der Waals surface area contributed by atoms with E-state index in [1.807, 2.05) is 43.3 Å². The zero-order chi connectivity index (χ0) is 22.9. The van der Waals surface area contributed by atoms with Crippen molar-refractivity contribution in [3.8, 4) is 0 Å². The minimum Gasteiger partial charge on any atom is -0.309 e. The van der Waals surface area contributed by atoms with Crippen LogP contribution in [0, 0.1) is 5.92 Å². The molecule has 2 aromatic heterocycles. The van der Waals surface area contributed by atoms with E-state index in [2.05, 4.69) is 25.8 Å². The smallest absolute Gasteiger partial charge is 0.257 e. The summed E-state index contributed by atoms with van der Waals surface area (Å²) >= 11 is 1.39. The maximum absolute atomic E-state index is 13.0. The Morgan fingerprint density at radius 2 is 1.94 bits per heavy atom. The van der Waals surface area contributed by atoms with Crippen LogP contribution in [0.3, 0.4) is 0 Å². The number of hydrazone groups is 1. The van der Waals surface area contributed by atoms with Crippen LogP contribution < -0.4 is 10.6 Å². The zero-order valence-corrected chi connectivity index (χ0v) is 19.1. The van der Waals surface area contributed by atoms with Gasteiger partial charge in [0.15, 0.2) is 11.5 Å². The van der Waals surface area contributed by atoms with Crippen LogP contribution in [-0.4, -0.2) is 44.2 Å². The van der Waals surface area contributed by atoms with Crippen LogP contribution >= 0.6 is 11.8 Å². The molecule has 1 aliphatic carbocycles. The van der Waals surface area contributed by atoms with Crippen LogP contribution in [0.5, 0.6) is 0 Å². The van der Waals surface area contributed by atoms with Crippen molar-refractivity contribution >= 4 is 40.8 Å². The molecule has 3 aromatic rings. The average molecular weight is 462 g/mol. The summed E-state index contributed by atoms with van der Waals surface area (Å²) in [5.41, 5.74) is 2.18. The van der Waals surface area contributed by atoms with Gasteiger partial charge in [0.05, 0.1) is 11.8 Å². The summed E-state index contributed by atoms with van der Waals surface area (Å²) in [6, 6.07) is 11.1. The summed E-state index contributed by atoms with van der Waals surface area (Å²) in [5.74, 6) is 1.05. The highest BCUT2D eigenvalue weighted by atomic mass is 32.2. The van der Waals surface area contributed by atoms with E-state index in [1.54, 1.807) is 28.8 Å². The first-order valence-corrected chi connectivity index (χ1v) is 11.5. The largest absolute Gasteiger partial charge is 0.309 e. The Balaban J connectivity index is 1.33. The van der Waals surface area contributed by atoms with Crippen molar-refractivity contribution in [2.24, 2.45) is 11.0 Å². The molecule has 0 unspecified atom stereocenters. The highest BCUT2D eigenvalue weighted by Gasteiger charge is 2.30. The number of carbonyl (C=O) groups is 2. The molecule has 0 radical (unpaired) electrons. The molecule has 3 heterocycles. The number of nitrogens with zero attached hydrogens (tertiary/aromatic N) is 5. The maximum Gasteiger partial charge on any atom is 0.257 e. The number of fused-ring (bicyclic) bond motifs is 1. The van der Waals surface area contributed by atoms with Gasteiger partial charge in [-0.05, 0) is 50.1 Å². The molecule has 0 atom stereocenters. The quantitative estimate of drug-likeness (QED) is 0.582. The number of aromatic nitrogens is 3. The number of rotatable bonds is 6. The molecule has 1 saturated carbocycles. The molecule has 1 aliphatic heterocycles. The molecule has 2 amide bonds. The van der Waals surface area contributed by atoms with Gasteiger partial charge < -0.3 is 10.6 Å². The second-order valence-corrected chi connectivity index (χ2v) is 9.13. The Bertz CT molecular complexity index is 1310. The summed E-state index contributed by atoms with van der Waals surface area (Å²) in [6.45, 7) is 1.95. The Hall–Kier alpha value is -3.66. The molecule has 168 valence electrons. The van der Waals surface area contributed by atoms with Crippen LogP contribution in [0.1, 0.15) is 36.5 Å². The van der Waals surface area contributed by atoms with Gasteiger partial charge in [0, 0.05) is 30.0 Å². The first kappa shape index (κ1) is 21.2. The zero-order valence-electron chi connectivity index (χ0n) is 18.3. The summed E-state index contributed by atoms with van der Waals surface area (Å²) in [7, 11) is 1.81. The summed E-state index contributed by atoms with van der Waals surface area (Å²) < 4.78 is 1.63. The summed E-state index contributed by atoms with van der Waals surface area (Å²) in [5, 5.41) is 17.1. The van der Waals surface area contributed by atoms with Gasteiger partial charge in [0.25, 0.3) is 5.91 Å². The van der Waals surface area contributed by atoms with Crippen molar-refractivity contribution in [2.45, 2.75) is 36.1 Å². The Morgan fingerprint density at radius 1 is 1.12 bits per heavy atom. The molecule has 0 saturated heterocycles. The van der Waals surface area contributed by atoms with E-state index >= 15 is 0 Å². The highest BCUT2D eigenvalue weighted by Crippen LogP contribution is 2.31. The van der Waals surface area contributed by atoms with Crippen molar-refractivity contribution in [3.05, 3.63) is 60.1 Å². The molecule has 10 heteroatoms. The first-order chi connectivity index (χ1) is 16.0. The number of hydrogen-bond donors (Lipinski definition) is 2. The summed E-state index contributed by atoms with van der Waals surface area (Å²) in [4.78, 5) is 30.2. The second-order valence-electron chi connectivity index (χ2n) is 8.07. The minimum absolute atomic E-state index is 0.00696. The molecule has 0 spiro atoms. The SMILES string of the molecule is CC1=NN(C)C(NC(=O)c2ccccc2Sc2ccc3nc(NC(=O)C4CC4)cn3n2)=CC1. The highest BCUT2D eigenvalue weighted by molar-refractivity contribution is 7.99. The van der Waals surface area contributed by atoms with Crippen LogP contribution in [0.15, 0.2) is 69.5 Å². The van der Waals surface area contributed by atoms with E-state index in [1.165, 1.54) is 11.8 Å². The fraction of sp³-hybridized carbons (Fsp3) is 0.261. The molecule has 2 N–H and O–H groups in total. The maximum atomic E-state index is 13.0. The lowest BCUT2D eigenvalue weighted by molar-refractivity contribution is -0.117. The van der Waals surface area contributed by atoms with Gasteiger partial charge in [-0.2, -0.15) is 10.2 Å². The third-order valence-electron chi connectivity index (χ3n) is 5.34. The van der Waals surface area contributed by atoms with E-state index in [0.29, 0.717) is 34.3 Å². The standard InChI is InChI=1S/C23H23N7O2S/c1-14-7-10-19(29(2)27-14)26-23(32)16-5-3-4-6-17(16)33-21-12-11-20-24-18(13-30(20)28-21)25-22(31)15-8-9-15/h3-6,10-13,15H,7-9H2,1-2H3,(H,25,31)(H,26,32). The van der Waals surface area contributed by atoms with E-state index in [4.69, 9.17) is 0 Å². The van der Waals surface area contributed by atoms with Crippen molar-refractivity contribution in [2.75, 3.05) is 12.4 Å². The molecule has 0 bridgehead atoms. The lowest BCUT2D eigenvalue weighted by Gasteiger charge is -2.22. The van der Waals surface area contributed by atoms with Gasteiger partial charge in [0.1, 0.15) is 10.8 Å². The van der Waals surface area contributed by atoms with Crippen molar-refractivity contribution < 1.29 is 9.59 Å². The summed E-state index contributed by atoms with van der Waals surface area (Å²) in [6.07, 6.45) is 6.22. The van der Waals surface area contributed by atoms with Crippen molar-refractivity contribution in [1.29, 1.82) is 0 Å². The monoisotopic (exact) mass is 461 g/mol. The molecule has 33 heavy (non-hydrogen) atoms. The number of allylic oxidation sites excluding steroid dienone is 1. The van der Waals surface area contributed by atoms with Gasteiger partial charge >= 0.3 is 0 Å². The molecule has 2 aliphatic rings. The third-order valence-corrected chi connectivity index (χ3v) is 6.35. The number of amides is 2. The molecule has 1 fully saturated rings. The number of hydrogen-bond acceptors (Lipinski definition) is 7. The molecule has 9 nitrogen and oxygen atoms in total. The lowest BCUT2D eigenvalue weighted by Crippen LogP contribution is -2.33. The van der Waals surface area contributed by atoms with E-state index in [0.717, 1.165) is 23.4 Å². The number of nitrogens with one attached hydrogen (secondary N) is 2. The van der Waals surface area contributed by atoms with E-state index < -0.39 is 0 Å². The lowest BCUT2D eigenvalue weighted by atomic mass is 10.2. The first-order valence-electron chi connectivity index (χ1n) is 10.7. The van der Waals surface area contributed by atoms with Gasteiger partial charge in [0.2, 0.25) is 5.91 Å². The van der Waals surface area contributed by atoms with Gasteiger partial charge in [-0.1, -0.05) is 23.9 Å².